The van der Waals surface area contributed by atoms with Gasteiger partial charge >= 0.3 is 5.97 Å². The first-order valence-electron chi connectivity index (χ1n) is 8.14. The smallest absolute Gasteiger partial charge is 0.339 e. The molecule has 1 heterocycles. The van der Waals surface area contributed by atoms with E-state index in [1.807, 2.05) is 30.3 Å². The number of amides is 1. The summed E-state index contributed by atoms with van der Waals surface area (Å²) in [6, 6.07) is 16.3. The molecule has 6 nitrogen and oxygen atoms in total. The van der Waals surface area contributed by atoms with E-state index in [9.17, 15) is 9.59 Å². The fraction of sp³-hybridized carbons (Fsp3) is 0.150. The normalized spacial score (nSPS) is 10.3. The lowest BCUT2D eigenvalue weighted by atomic mass is 10.1. The molecule has 0 bridgehead atoms. The minimum Gasteiger partial charge on any atom is -0.465 e. The first-order chi connectivity index (χ1) is 12.7. The van der Waals surface area contributed by atoms with Crippen molar-refractivity contribution in [2.75, 3.05) is 12.4 Å². The quantitative estimate of drug-likeness (QED) is 0.686. The van der Waals surface area contributed by atoms with Gasteiger partial charge in [0, 0.05) is 18.4 Å². The molecule has 26 heavy (non-hydrogen) atoms. The SMILES string of the molecule is COC(=O)c1ccccc1NC(=O)CCc1ncc(-c2ccccc2)o1. The molecule has 0 radical (unpaired) electrons. The highest BCUT2D eigenvalue weighted by Gasteiger charge is 2.14. The van der Waals surface area contributed by atoms with Crippen molar-refractivity contribution in [1.82, 2.24) is 4.98 Å². The molecule has 0 spiro atoms. The molecule has 0 aliphatic carbocycles. The van der Waals surface area contributed by atoms with E-state index in [1.54, 1.807) is 30.5 Å². The summed E-state index contributed by atoms with van der Waals surface area (Å²) in [5, 5.41) is 2.73. The first kappa shape index (κ1) is 17.4. The van der Waals surface area contributed by atoms with Crippen LogP contribution in [0, 0.1) is 0 Å². The fourth-order valence-corrected chi connectivity index (χ4v) is 2.47. The molecule has 3 rings (SSSR count). The molecule has 0 saturated carbocycles. The molecule has 0 aliphatic heterocycles. The van der Waals surface area contributed by atoms with Gasteiger partial charge in [0.2, 0.25) is 5.91 Å². The Bertz CT molecular complexity index is 903. The number of hydrogen-bond acceptors (Lipinski definition) is 5. The van der Waals surface area contributed by atoms with Gasteiger partial charge in [0.15, 0.2) is 11.7 Å². The lowest BCUT2D eigenvalue weighted by Gasteiger charge is -2.09. The zero-order chi connectivity index (χ0) is 18.4. The highest BCUT2D eigenvalue weighted by molar-refractivity contribution is 6.01. The topological polar surface area (TPSA) is 81.4 Å². The van der Waals surface area contributed by atoms with Crippen LogP contribution in [0.15, 0.2) is 65.2 Å². The predicted octanol–water partition coefficient (Wildman–Crippen LogP) is 3.70. The Hall–Kier alpha value is -3.41. The number of aromatic nitrogens is 1. The third kappa shape index (κ3) is 4.16. The molecule has 0 unspecified atom stereocenters. The van der Waals surface area contributed by atoms with E-state index in [4.69, 9.17) is 9.15 Å². The Morgan fingerprint density at radius 2 is 1.81 bits per heavy atom. The van der Waals surface area contributed by atoms with Crippen molar-refractivity contribution in [1.29, 1.82) is 0 Å². The summed E-state index contributed by atoms with van der Waals surface area (Å²) < 4.78 is 10.4. The van der Waals surface area contributed by atoms with E-state index in [0.29, 0.717) is 29.3 Å². The van der Waals surface area contributed by atoms with Crippen LogP contribution in [0.2, 0.25) is 0 Å². The van der Waals surface area contributed by atoms with Crippen molar-refractivity contribution >= 4 is 17.6 Å². The van der Waals surface area contributed by atoms with Crippen molar-refractivity contribution in [3.63, 3.8) is 0 Å². The molecule has 0 saturated heterocycles. The highest BCUT2D eigenvalue weighted by atomic mass is 16.5. The molecule has 132 valence electrons. The van der Waals surface area contributed by atoms with Gasteiger partial charge < -0.3 is 14.5 Å². The second-order valence-electron chi connectivity index (χ2n) is 5.57. The summed E-state index contributed by atoms with van der Waals surface area (Å²) in [5.41, 5.74) is 1.66. The fourth-order valence-electron chi connectivity index (χ4n) is 2.47. The lowest BCUT2D eigenvalue weighted by Crippen LogP contribution is -2.15. The molecular weight excluding hydrogens is 332 g/mol. The number of methoxy groups -OCH3 is 1. The largest absolute Gasteiger partial charge is 0.465 e. The van der Waals surface area contributed by atoms with E-state index in [0.717, 1.165) is 5.56 Å². The first-order valence-corrected chi connectivity index (χ1v) is 8.14. The van der Waals surface area contributed by atoms with Crippen LogP contribution >= 0.6 is 0 Å². The van der Waals surface area contributed by atoms with Gasteiger partial charge in [-0.1, -0.05) is 42.5 Å². The maximum Gasteiger partial charge on any atom is 0.339 e. The molecule has 3 aromatic rings. The molecule has 1 N–H and O–H groups in total. The Morgan fingerprint density at radius 1 is 1.08 bits per heavy atom. The second kappa shape index (κ2) is 8.11. The number of benzene rings is 2. The number of nitrogens with zero attached hydrogens (tertiary/aromatic N) is 1. The van der Waals surface area contributed by atoms with E-state index in [1.165, 1.54) is 7.11 Å². The molecule has 0 aliphatic rings. The summed E-state index contributed by atoms with van der Waals surface area (Å²) in [6.45, 7) is 0. The number of esters is 1. The summed E-state index contributed by atoms with van der Waals surface area (Å²) in [4.78, 5) is 28.1. The summed E-state index contributed by atoms with van der Waals surface area (Å²) in [6.07, 6.45) is 2.19. The zero-order valence-corrected chi connectivity index (χ0v) is 14.3. The van der Waals surface area contributed by atoms with Gasteiger partial charge in [0.25, 0.3) is 0 Å². The number of oxazole rings is 1. The number of aryl methyl sites for hydroxylation is 1. The standard InChI is InChI=1S/C20H18N2O4/c1-25-20(24)15-9-5-6-10-16(15)22-18(23)11-12-19-21-13-17(26-19)14-7-3-2-4-8-14/h2-10,13H,11-12H2,1H3,(H,22,23). The van der Waals surface area contributed by atoms with Gasteiger partial charge in [-0.3, -0.25) is 4.79 Å². The number of rotatable bonds is 6. The average Bonchev–Trinajstić information content (AvgIpc) is 3.16. The number of hydrogen-bond donors (Lipinski definition) is 1. The number of nitrogens with one attached hydrogen (secondary N) is 1. The van der Waals surface area contributed by atoms with Gasteiger partial charge in [0.05, 0.1) is 24.6 Å². The van der Waals surface area contributed by atoms with Crippen LogP contribution in [0.4, 0.5) is 5.69 Å². The number of carbonyl (C=O) groups excluding carboxylic acids is 2. The predicted molar refractivity (Wildman–Crippen MR) is 96.7 cm³/mol. The molecule has 1 amide bonds. The van der Waals surface area contributed by atoms with Crippen molar-refractivity contribution in [2.24, 2.45) is 0 Å². The van der Waals surface area contributed by atoms with Crippen LogP contribution in [0.1, 0.15) is 22.7 Å². The van der Waals surface area contributed by atoms with Crippen LogP contribution in [-0.4, -0.2) is 24.0 Å². The Kier molecular flexibility index (Phi) is 5.43. The van der Waals surface area contributed by atoms with Gasteiger partial charge in [0.1, 0.15) is 0 Å². The summed E-state index contributed by atoms with van der Waals surface area (Å²) >= 11 is 0. The molecule has 1 aromatic heterocycles. The molecule has 0 atom stereocenters. The number of carbonyl (C=O) groups is 2. The Balaban J connectivity index is 1.60. The number of para-hydroxylation sites is 1. The number of ether oxygens (including phenoxy) is 1. The van der Waals surface area contributed by atoms with Crippen molar-refractivity contribution in [3.05, 3.63) is 72.2 Å². The zero-order valence-electron chi connectivity index (χ0n) is 14.3. The van der Waals surface area contributed by atoms with E-state index in [2.05, 4.69) is 10.3 Å². The van der Waals surface area contributed by atoms with E-state index >= 15 is 0 Å². The summed E-state index contributed by atoms with van der Waals surface area (Å²) in [7, 11) is 1.30. The number of anilines is 1. The van der Waals surface area contributed by atoms with Gasteiger partial charge in [-0.2, -0.15) is 0 Å². The minimum absolute atomic E-state index is 0.185. The van der Waals surface area contributed by atoms with Crippen LogP contribution < -0.4 is 5.32 Å². The molecule has 0 fully saturated rings. The second-order valence-corrected chi connectivity index (χ2v) is 5.57. The van der Waals surface area contributed by atoms with Gasteiger partial charge in [-0.15, -0.1) is 0 Å². The van der Waals surface area contributed by atoms with Crippen LogP contribution in [-0.2, 0) is 16.0 Å². The Morgan fingerprint density at radius 3 is 2.58 bits per heavy atom. The molecule has 6 heteroatoms. The molecule has 2 aromatic carbocycles. The van der Waals surface area contributed by atoms with Crippen LogP contribution in [0.5, 0.6) is 0 Å². The molecular formula is C20H18N2O4. The van der Waals surface area contributed by atoms with Crippen LogP contribution in [0.3, 0.4) is 0 Å². The maximum atomic E-state index is 12.2. The van der Waals surface area contributed by atoms with E-state index < -0.39 is 5.97 Å². The lowest BCUT2D eigenvalue weighted by molar-refractivity contribution is -0.116. The highest BCUT2D eigenvalue weighted by Crippen LogP contribution is 2.21. The monoisotopic (exact) mass is 350 g/mol. The Labute approximate surface area is 150 Å². The van der Waals surface area contributed by atoms with Crippen molar-refractivity contribution < 1.29 is 18.7 Å². The van der Waals surface area contributed by atoms with E-state index in [-0.39, 0.29) is 12.3 Å². The third-order valence-electron chi connectivity index (χ3n) is 3.78. The van der Waals surface area contributed by atoms with Crippen LogP contribution in [0.25, 0.3) is 11.3 Å². The third-order valence-corrected chi connectivity index (χ3v) is 3.78. The minimum atomic E-state index is -0.499. The summed E-state index contributed by atoms with van der Waals surface area (Å²) in [5.74, 6) is 0.416. The average molecular weight is 350 g/mol. The maximum absolute atomic E-state index is 12.2. The van der Waals surface area contributed by atoms with Gasteiger partial charge in [-0.25, -0.2) is 9.78 Å². The van der Waals surface area contributed by atoms with Crippen molar-refractivity contribution in [2.45, 2.75) is 12.8 Å². The van der Waals surface area contributed by atoms with Gasteiger partial charge in [-0.05, 0) is 12.1 Å². The van der Waals surface area contributed by atoms with Crippen molar-refractivity contribution in [3.8, 4) is 11.3 Å².